The molecule has 0 radical (unpaired) electrons. The molecule has 10 heteroatoms. The number of nitrogen functional groups attached to an aromatic ring is 1. The first kappa shape index (κ1) is 21.8. The number of benzene rings is 2. The fourth-order valence-electron chi connectivity index (χ4n) is 3.95. The number of carbonyl (C=O) groups is 1. The second-order valence-corrected chi connectivity index (χ2v) is 8.49. The van der Waals surface area contributed by atoms with Crippen LogP contribution >= 0.6 is 11.6 Å². The van der Waals surface area contributed by atoms with Crippen molar-refractivity contribution < 1.29 is 4.79 Å². The zero-order chi connectivity index (χ0) is 23.8. The molecule has 3 heterocycles. The summed E-state index contributed by atoms with van der Waals surface area (Å²) in [6.07, 6.45) is 2.39. The van der Waals surface area contributed by atoms with E-state index in [1.165, 1.54) is 10.8 Å². The summed E-state index contributed by atoms with van der Waals surface area (Å²) in [7, 11) is 0. The molecule has 1 amide bonds. The fraction of sp³-hybridized carbons (Fsp3) is 0.208. The third-order valence-electron chi connectivity index (χ3n) is 5.81. The lowest BCUT2D eigenvalue weighted by Gasteiger charge is -2.31. The topological polar surface area (TPSA) is 119 Å². The van der Waals surface area contributed by atoms with Gasteiger partial charge in [0.1, 0.15) is 17.2 Å². The van der Waals surface area contributed by atoms with E-state index in [-0.39, 0.29) is 23.2 Å². The molecule has 34 heavy (non-hydrogen) atoms. The van der Waals surface area contributed by atoms with Crippen LogP contribution in [0.25, 0.3) is 16.6 Å². The van der Waals surface area contributed by atoms with Gasteiger partial charge in [0.15, 0.2) is 0 Å². The van der Waals surface area contributed by atoms with Crippen LogP contribution in [0.3, 0.4) is 0 Å². The Morgan fingerprint density at radius 2 is 1.88 bits per heavy atom. The largest absolute Gasteiger partial charge is 0.368 e. The number of nitrogens with two attached hydrogens (primary N) is 1. The van der Waals surface area contributed by atoms with E-state index < -0.39 is 6.04 Å². The number of hydrogen-bond donors (Lipinski definition) is 2. The maximum Gasteiger partial charge on any atom is 0.267 e. The Kier molecular flexibility index (Phi) is 5.62. The first-order chi connectivity index (χ1) is 16.4. The number of rotatable bonds is 5. The molecule has 1 fully saturated rings. The van der Waals surface area contributed by atoms with Crippen molar-refractivity contribution in [2.24, 2.45) is 0 Å². The zero-order valence-corrected chi connectivity index (χ0v) is 19.2. The van der Waals surface area contributed by atoms with Gasteiger partial charge >= 0.3 is 0 Å². The highest BCUT2D eigenvalue weighted by molar-refractivity contribution is 6.35. The zero-order valence-electron chi connectivity index (χ0n) is 18.4. The van der Waals surface area contributed by atoms with Gasteiger partial charge < -0.3 is 16.0 Å². The van der Waals surface area contributed by atoms with Crippen molar-refractivity contribution in [3.8, 4) is 5.69 Å². The number of anilines is 2. The van der Waals surface area contributed by atoms with Gasteiger partial charge in [0.2, 0.25) is 5.95 Å². The van der Waals surface area contributed by atoms with E-state index in [1.807, 2.05) is 37.3 Å². The van der Waals surface area contributed by atoms with E-state index in [0.717, 1.165) is 6.42 Å². The van der Waals surface area contributed by atoms with E-state index in [1.54, 1.807) is 23.1 Å². The monoisotopic (exact) mass is 475 g/mol. The van der Waals surface area contributed by atoms with E-state index in [9.17, 15) is 9.59 Å². The van der Waals surface area contributed by atoms with Crippen LogP contribution in [0.1, 0.15) is 35.6 Å². The SMILES string of the molecule is C[C@@H](Nc1nc(N)ncc1C(=O)N1CCC1)c1nc2cccc(Cl)c2c(=O)n1-c1ccccc1. The van der Waals surface area contributed by atoms with Crippen LogP contribution < -0.4 is 16.6 Å². The molecule has 2 aromatic carbocycles. The number of halogens is 1. The molecule has 9 nitrogen and oxygen atoms in total. The Hall–Kier alpha value is -3.98. The number of fused-ring (bicyclic) bond motifs is 1. The third-order valence-corrected chi connectivity index (χ3v) is 6.12. The average Bonchev–Trinajstić information content (AvgIpc) is 2.78. The number of aromatic nitrogens is 4. The van der Waals surface area contributed by atoms with Crippen LogP contribution in [0.2, 0.25) is 5.02 Å². The lowest BCUT2D eigenvalue weighted by Crippen LogP contribution is -2.42. The minimum absolute atomic E-state index is 0.0357. The van der Waals surface area contributed by atoms with Crippen LogP contribution in [-0.4, -0.2) is 43.4 Å². The molecule has 4 aromatic rings. The molecular formula is C24H22ClN7O2. The number of carbonyl (C=O) groups excluding carboxylic acids is 1. The van der Waals surface area contributed by atoms with Gasteiger partial charge in [-0.1, -0.05) is 35.9 Å². The molecule has 5 rings (SSSR count). The molecule has 0 unspecified atom stereocenters. The van der Waals surface area contributed by atoms with E-state index in [4.69, 9.17) is 22.3 Å². The number of hydrogen-bond acceptors (Lipinski definition) is 7. The summed E-state index contributed by atoms with van der Waals surface area (Å²) in [5, 5.41) is 3.90. The van der Waals surface area contributed by atoms with Crippen LogP contribution in [-0.2, 0) is 0 Å². The minimum atomic E-state index is -0.520. The van der Waals surface area contributed by atoms with Crippen LogP contribution in [0, 0.1) is 0 Å². The summed E-state index contributed by atoms with van der Waals surface area (Å²) >= 11 is 6.36. The van der Waals surface area contributed by atoms with Crippen molar-refractivity contribution >= 4 is 40.2 Å². The molecule has 0 aliphatic carbocycles. The van der Waals surface area contributed by atoms with Gasteiger partial charge in [0.05, 0.1) is 27.7 Å². The first-order valence-corrected chi connectivity index (χ1v) is 11.3. The number of amides is 1. The Balaban J connectivity index is 1.63. The van der Waals surface area contributed by atoms with Crippen LogP contribution in [0.5, 0.6) is 0 Å². The fourth-order valence-corrected chi connectivity index (χ4v) is 4.20. The predicted molar refractivity (Wildman–Crippen MR) is 131 cm³/mol. The first-order valence-electron chi connectivity index (χ1n) is 10.9. The molecule has 172 valence electrons. The van der Waals surface area contributed by atoms with Gasteiger partial charge in [-0.25, -0.2) is 9.97 Å². The summed E-state index contributed by atoms with van der Waals surface area (Å²) in [6, 6.07) is 13.8. The summed E-state index contributed by atoms with van der Waals surface area (Å²) in [5.74, 6) is 0.593. The van der Waals surface area contributed by atoms with Crippen molar-refractivity contribution in [1.82, 2.24) is 24.4 Å². The Morgan fingerprint density at radius 1 is 1.12 bits per heavy atom. The number of nitrogens with one attached hydrogen (secondary N) is 1. The maximum absolute atomic E-state index is 13.6. The molecule has 1 saturated heterocycles. The number of nitrogens with zero attached hydrogens (tertiary/aromatic N) is 5. The molecule has 3 N–H and O–H groups in total. The molecule has 1 atom stereocenters. The summed E-state index contributed by atoms with van der Waals surface area (Å²) < 4.78 is 1.52. The summed E-state index contributed by atoms with van der Waals surface area (Å²) in [4.78, 5) is 41.3. The van der Waals surface area contributed by atoms with Gasteiger partial charge in [-0.2, -0.15) is 4.98 Å². The molecule has 0 bridgehead atoms. The van der Waals surface area contributed by atoms with E-state index in [2.05, 4.69) is 15.3 Å². The molecule has 2 aromatic heterocycles. The quantitative estimate of drug-likeness (QED) is 0.453. The summed E-state index contributed by atoms with van der Waals surface area (Å²) in [5.41, 5.74) is 6.98. The summed E-state index contributed by atoms with van der Waals surface area (Å²) in [6.45, 7) is 3.23. The van der Waals surface area contributed by atoms with Crippen LogP contribution in [0.15, 0.2) is 59.5 Å². The third kappa shape index (κ3) is 3.84. The van der Waals surface area contributed by atoms with Gasteiger partial charge in [-0.15, -0.1) is 0 Å². The Morgan fingerprint density at radius 3 is 2.59 bits per heavy atom. The molecule has 1 aliphatic heterocycles. The lowest BCUT2D eigenvalue weighted by molar-refractivity contribution is 0.0652. The Labute approximate surface area is 200 Å². The number of likely N-dealkylation sites (tertiary alicyclic amines) is 1. The van der Waals surface area contributed by atoms with Crippen molar-refractivity contribution in [2.45, 2.75) is 19.4 Å². The molecule has 0 spiro atoms. The van der Waals surface area contributed by atoms with Crippen molar-refractivity contribution in [3.63, 3.8) is 0 Å². The van der Waals surface area contributed by atoms with Crippen molar-refractivity contribution in [3.05, 3.63) is 81.5 Å². The predicted octanol–water partition coefficient (Wildman–Crippen LogP) is 3.43. The lowest BCUT2D eigenvalue weighted by atomic mass is 10.1. The number of para-hydroxylation sites is 1. The smallest absolute Gasteiger partial charge is 0.267 e. The van der Waals surface area contributed by atoms with Gasteiger partial charge in [-0.3, -0.25) is 14.2 Å². The van der Waals surface area contributed by atoms with E-state index in [0.29, 0.717) is 46.1 Å². The Bertz CT molecular complexity index is 1450. The second-order valence-electron chi connectivity index (χ2n) is 8.08. The van der Waals surface area contributed by atoms with Crippen molar-refractivity contribution in [2.75, 3.05) is 24.1 Å². The normalized spacial score (nSPS) is 14.0. The highest BCUT2D eigenvalue weighted by atomic mass is 35.5. The molecular weight excluding hydrogens is 454 g/mol. The highest BCUT2D eigenvalue weighted by Crippen LogP contribution is 2.26. The van der Waals surface area contributed by atoms with Gasteiger partial charge in [-0.05, 0) is 37.6 Å². The van der Waals surface area contributed by atoms with Gasteiger partial charge in [0.25, 0.3) is 11.5 Å². The average molecular weight is 476 g/mol. The maximum atomic E-state index is 13.6. The second kappa shape index (κ2) is 8.75. The van der Waals surface area contributed by atoms with Gasteiger partial charge in [0, 0.05) is 19.3 Å². The highest BCUT2D eigenvalue weighted by Gasteiger charge is 2.27. The molecule has 0 saturated carbocycles. The van der Waals surface area contributed by atoms with E-state index >= 15 is 0 Å². The molecule has 1 aliphatic rings. The minimum Gasteiger partial charge on any atom is -0.368 e. The standard InChI is InChI=1S/C24H22ClN7O2/c1-14(28-20-16(13-27-24(26)30-20)22(33)31-11-6-12-31)21-29-18-10-5-9-17(25)19(18)23(34)32(21)15-7-3-2-4-8-15/h2-5,7-10,13-14H,6,11-12H2,1H3,(H3,26,27,28,30)/t14-/m1/s1. The van der Waals surface area contributed by atoms with Crippen LogP contribution in [0.4, 0.5) is 11.8 Å². The van der Waals surface area contributed by atoms with Crippen molar-refractivity contribution in [1.29, 1.82) is 0 Å².